The third-order valence-corrected chi connectivity index (χ3v) is 5.25. The van der Waals surface area contributed by atoms with E-state index in [1.807, 2.05) is 36.4 Å². The molecule has 2 aromatic heterocycles. The second-order valence-corrected chi connectivity index (χ2v) is 7.59. The summed E-state index contributed by atoms with van der Waals surface area (Å²) in [7, 11) is 0. The van der Waals surface area contributed by atoms with E-state index in [4.69, 9.17) is 4.98 Å². The quantitative estimate of drug-likeness (QED) is 0.511. The van der Waals surface area contributed by atoms with Crippen molar-refractivity contribution in [2.24, 2.45) is 0 Å². The molecule has 2 heterocycles. The molecule has 2 amide bonds. The maximum atomic E-state index is 13.2. The number of aromatic nitrogens is 2. The summed E-state index contributed by atoms with van der Waals surface area (Å²) in [6.07, 6.45) is 5.49. The monoisotopic (exact) mass is 408 g/mol. The molecule has 1 saturated carbocycles. The molecule has 1 fully saturated rings. The van der Waals surface area contributed by atoms with E-state index in [0.717, 1.165) is 29.3 Å². The average molecular weight is 408 g/mol. The zero-order chi connectivity index (χ0) is 21.2. The van der Waals surface area contributed by atoms with E-state index in [9.17, 15) is 9.59 Å². The molecule has 5 rings (SSSR count). The van der Waals surface area contributed by atoms with Crippen molar-refractivity contribution in [3.8, 4) is 11.3 Å². The van der Waals surface area contributed by atoms with Crippen molar-refractivity contribution in [3.05, 3.63) is 90.3 Å². The molecule has 0 saturated heterocycles. The number of pyridine rings is 2. The topological polar surface area (TPSA) is 84.0 Å². The number of carbonyl (C=O) groups excluding carboxylic acids is 2. The lowest BCUT2D eigenvalue weighted by atomic mass is 10.0. The van der Waals surface area contributed by atoms with Gasteiger partial charge in [-0.15, -0.1) is 0 Å². The van der Waals surface area contributed by atoms with Crippen molar-refractivity contribution in [2.45, 2.75) is 18.9 Å². The maximum Gasteiger partial charge on any atom is 0.256 e. The highest BCUT2D eigenvalue weighted by molar-refractivity contribution is 6.13. The van der Waals surface area contributed by atoms with Gasteiger partial charge in [-0.25, -0.2) is 4.98 Å². The standard InChI is InChI=1S/C25H20N4O2/c30-24(27-19-9-10-19)17-5-7-18(8-6-17)28-25(31)21-15-23(16-11-13-26-14-12-16)29-22-4-2-1-3-20(21)22/h1-8,11-15,19H,9-10H2,(H,27,30)(H,28,31). The van der Waals surface area contributed by atoms with Crippen molar-refractivity contribution < 1.29 is 9.59 Å². The summed E-state index contributed by atoms with van der Waals surface area (Å²) in [6, 6.07) is 20.3. The van der Waals surface area contributed by atoms with Gasteiger partial charge in [0.05, 0.1) is 16.8 Å². The number of amides is 2. The second kappa shape index (κ2) is 7.99. The van der Waals surface area contributed by atoms with Crippen LogP contribution in [0, 0.1) is 0 Å². The van der Waals surface area contributed by atoms with Crippen LogP contribution in [0.5, 0.6) is 0 Å². The number of anilines is 1. The first-order chi connectivity index (χ1) is 15.2. The van der Waals surface area contributed by atoms with Crippen molar-refractivity contribution in [1.29, 1.82) is 0 Å². The summed E-state index contributed by atoms with van der Waals surface area (Å²) in [6.45, 7) is 0. The minimum atomic E-state index is -0.232. The summed E-state index contributed by atoms with van der Waals surface area (Å²) in [5.41, 5.74) is 4.08. The Kier molecular flexibility index (Phi) is 4.88. The fraction of sp³-hybridized carbons (Fsp3) is 0.120. The molecule has 0 bridgehead atoms. The molecule has 6 heteroatoms. The van der Waals surface area contributed by atoms with Crippen LogP contribution in [0.1, 0.15) is 33.6 Å². The highest BCUT2D eigenvalue weighted by atomic mass is 16.2. The molecule has 0 radical (unpaired) electrons. The molecule has 1 aliphatic carbocycles. The molecular formula is C25H20N4O2. The fourth-order valence-corrected chi connectivity index (χ4v) is 3.43. The van der Waals surface area contributed by atoms with Gasteiger partial charge in [0.25, 0.3) is 11.8 Å². The van der Waals surface area contributed by atoms with E-state index in [0.29, 0.717) is 28.6 Å². The van der Waals surface area contributed by atoms with Crippen molar-refractivity contribution in [3.63, 3.8) is 0 Å². The Morgan fingerprint density at radius 2 is 1.61 bits per heavy atom. The molecule has 1 aliphatic rings. The number of fused-ring (bicyclic) bond motifs is 1. The van der Waals surface area contributed by atoms with Crippen LogP contribution in [0.15, 0.2) is 79.1 Å². The van der Waals surface area contributed by atoms with E-state index in [1.165, 1.54) is 0 Å². The van der Waals surface area contributed by atoms with Crippen molar-refractivity contribution in [1.82, 2.24) is 15.3 Å². The SMILES string of the molecule is O=C(NC1CC1)c1ccc(NC(=O)c2cc(-c3ccncc3)nc3ccccc23)cc1. The number of hydrogen-bond donors (Lipinski definition) is 2. The minimum absolute atomic E-state index is 0.0810. The van der Waals surface area contributed by atoms with Crippen LogP contribution < -0.4 is 10.6 Å². The first-order valence-corrected chi connectivity index (χ1v) is 10.2. The predicted molar refractivity (Wildman–Crippen MR) is 120 cm³/mol. The van der Waals surface area contributed by atoms with Gasteiger partial charge in [0.1, 0.15) is 0 Å². The van der Waals surface area contributed by atoms with Gasteiger partial charge in [-0.3, -0.25) is 14.6 Å². The van der Waals surface area contributed by atoms with Crippen molar-refractivity contribution >= 4 is 28.4 Å². The van der Waals surface area contributed by atoms with Gasteiger partial charge in [0.15, 0.2) is 0 Å². The predicted octanol–water partition coefficient (Wildman–Crippen LogP) is 4.44. The zero-order valence-corrected chi connectivity index (χ0v) is 16.7. The van der Waals surface area contributed by atoms with Crippen LogP contribution in [0.4, 0.5) is 5.69 Å². The maximum absolute atomic E-state index is 13.2. The number of rotatable bonds is 5. The highest BCUT2D eigenvalue weighted by Crippen LogP contribution is 2.25. The van der Waals surface area contributed by atoms with Crippen LogP contribution in [0.25, 0.3) is 22.2 Å². The summed E-state index contributed by atoms with van der Waals surface area (Å²) in [5, 5.41) is 6.67. The van der Waals surface area contributed by atoms with Crippen LogP contribution in [-0.2, 0) is 0 Å². The zero-order valence-electron chi connectivity index (χ0n) is 16.7. The number of carbonyl (C=O) groups is 2. The lowest BCUT2D eigenvalue weighted by Crippen LogP contribution is -2.25. The van der Waals surface area contributed by atoms with Gasteiger partial charge < -0.3 is 10.6 Å². The van der Waals surface area contributed by atoms with Gasteiger partial charge in [0, 0.05) is 40.6 Å². The highest BCUT2D eigenvalue weighted by Gasteiger charge is 2.23. The second-order valence-electron chi connectivity index (χ2n) is 7.59. The van der Waals surface area contributed by atoms with Gasteiger partial charge >= 0.3 is 0 Å². The molecule has 0 atom stereocenters. The molecule has 2 N–H and O–H groups in total. The van der Waals surface area contributed by atoms with Crippen LogP contribution in [0.3, 0.4) is 0 Å². The molecule has 4 aromatic rings. The lowest BCUT2D eigenvalue weighted by molar-refractivity contribution is 0.0950. The lowest BCUT2D eigenvalue weighted by Gasteiger charge is -2.11. The van der Waals surface area contributed by atoms with Gasteiger partial charge in [-0.2, -0.15) is 0 Å². The fourth-order valence-electron chi connectivity index (χ4n) is 3.43. The Balaban J connectivity index is 1.43. The van der Waals surface area contributed by atoms with Gasteiger partial charge in [-0.05, 0) is 61.4 Å². The first kappa shape index (κ1) is 18.9. The Hall–Kier alpha value is -4.06. The van der Waals surface area contributed by atoms with E-state index < -0.39 is 0 Å². The van der Waals surface area contributed by atoms with E-state index in [-0.39, 0.29) is 11.8 Å². The Morgan fingerprint density at radius 1 is 0.871 bits per heavy atom. The molecule has 31 heavy (non-hydrogen) atoms. The molecule has 0 aliphatic heterocycles. The van der Waals surface area contributed by atoms with E-state index >= 15 is 0 Å². The Labute approximate surface area is 179 Å². The minimum Gasteiger partial charge on any atom is -0.349 e. The molecule has 0 spiro atoms. The first-order valence-electron chi connectivity index (χ1n) is 10.2. The van der Waals surface area contributed by atoms with Crippen LogP contribution >= 0.6 is 0 Å². The molecule has 0 unspecified atom stereocenters. The number of benzene rings is 2. The Bertz CT molecular complexity index is 1270. The molecule has 152 valence electrons. The van der Waals surface area contributed by atoms with Crippen molar-refractivity contribution in [2.75, 3.05) is 5.32 Å². The van der Waals surface area contributed by atoms with Gasteiger partial charge in [0.2, 0.25) is 0 Å². The average Bonchev–Trinajstić information content (AvgIpc) is 3.63. The normalized spacial score (nSPS) is 13.0. The molecule has 6 nitrogen and oxygen atoms in total. The van der Waals surface area contributed by atoms with Crippen LogP contribution in [0.2, 0.25) is 0 Å². The van der Waals surface area contributed by atoms with Crippen LogP contribution in [-0.4, -0.2) is 27.8 Å². The molecular weight excluding hydrogens is 388 g/mol. The number of nitrogens with zero attached hydrogens (tertiary/aromatic N) is 2. The van der Waals surface area contributed by atoms with E-state index in [2.05, 4.69) is 15.6 Å². The number of hydrogen-bond acceptors (Lipinski definition) is 4. The molecule has 2 aromatic carbocycles. The van der Waals surface area contributed by atoms with E-state index in [1.54, 1.807) is 42.7 Å². The largest absolute Gasteiger partial charge is 0.349 e. The van der Waals surface area contributed by atoms with Gasteiger partial charge in [-0.1, -0.05) is 18.2 Å². The summed E-state index contributed by atoms with van der Waals surface area (Å²) in [4.78, 5) is 34.1. The summed E-state index contributed by atoms with van der Waals surface area (Å²) >= 11 is 0. The number of para-hydroxylation sites is 1. The number of nitrogens with one attached hydrogen (secondary N) is 2. The summed E-state index contributed by atoms with van der Waals surface area (Å²) in [5.74, 6) is -0.313. The smallest absolute Gasteiger partial charge is 0.256 e. The Morgan fingerprint density at radius 3 is 2.35 bits per heavy atom. The third-order valence-electron chi connectivity index (χ3n) is 5.25. The summed E-state index contributed by atoms with van der Waals surface area (Å²) < 4.78 is 0. The third kappa shape index (κ3) is 4.14.